The van der Waals surface area contributed by atoms with Crippen molar-refractivity contribution in [3.8, 4) is 22.6 Å². The molecule has 0 aromatic heterocycles. The maximum absolute atomic E-state index is 6.10. The van der Waals surface area contributed by atoms with Gasteiger partial charge in [0.15, 0.2) is 6.21 Å². The first kappa shape index (κ1) is 14.5. The van der Waals surface area contributed by atoms with Crippen LogP contribution in [0.15, 0.2) is 72.8 Å². The van der Waals surface area contributed by atoms with Crippen molar-refractivity contribution in [2.24, 2.45) is 0 Å². The summed E-state index contributed by atoms with van der Waals surface area (Å²) in [6, 6.07) is 24.6. The highest BCUT2D eigenvalue weighted by Crippen LogP contribution is 2.34. The minimum absolute atomic E-state index is 0.489. The van der Waals surface area contributed by atoms with Crippen molar-refractivity contribution < 1.29 is 14.0 Å². The lowest BCUT2D eigenvalue weighted by molar-refractivity contribution is -0.476. The molecule has 1 aliphatic rings. The van der Waals surface area contributed by atoms with Gasteiger partial charge in [-0.15, -0.1) is 0 Å². The number of ether oxygens (including phenoxy) is 2. The monoisotopic (exact) mass is 316 g/mol. The average Bonchev–Trinajstić information content (AvgIpc) is 2.68. The van der Waals surface area contributed by atoms with E-state index in [9.17, 15) is 0 Å². The van der Waals surface area contributed by atoms with Gasteiger partial charge in [0.2, 0.25) is 5.69 Å². The summed E-state index contributed by atoms with van der Waals surface area (Å²) in [7, 11) is 1.67. The molecule has 0 aliphatic carbocycles. The Hall–Kier alpha value is -3.07. The van der Waals surface area contributed by atoms with E-state index in [1.54, 1.807) is 7.11 Å². The van der Waals surface area contributed by atoms with Gasteiger partial charge in [0.05, 0.1) is 12.7 Å². The number of para-hydroxylation sites is 1. The van der Waals surface area contributed by atoms with Gasteiger partial charge in [0.1, 0.15) is 11.5 Å². The highest BCUT2D eigenvalue weighted by molar-refractivity contribution is 5.87. The lowest BCUT2D eigenvalue weighted by Gasteiger charge is -2.17. The maximum Gasteiger partial charge on any atom is 0.292 e. The second kappa shape index (κ2) is 6.20. The third kappa shape index (κ3) is 2.65. The number of rotatable bonds is 3. The Bertz CT molecular complexity index is 883. The van der Waals surface area contributed by atoms with Gasteiger partial charge < -0.3 is 9.47 Å². The first-order valence-corrected chi connectivity index (χ1v) is 7.92. The molecule has 0 radical (unpaired) electrons. The van der Waals surface area contributed by atoms with Crippen LogP contribution in [0.2, 0.25) is 0 Å². The summed E-state index contributed by atoms with van der Waals surface area (Å²) < 4.78 is 13.4. The molecule has 1 aliphatic heterocycles. The minimum atomic E-state index is 0.489. The second-order valence-corrected chi connectivity index (χ2v) is 5.66. The van der Waals surface area contributed by atoms with E-state index in [2.05, 4.69) is 41.1 Å². The molecule has 24 heavy (non-hydrogen) atoms. The smallest absolute Gasteiger partial charge is 0.292 e. The Morgan fingerprint density at radius 1 is 0.875 bits per heavy atom. The molecule has 3 aromatic carbocycles. The minimum Gasteiger partial charge on any atom is -0.497 e. The number of benzene rings is 3. The average molecular weight is 316 g/mol. The maximum atomic E-state index is 6.10. The van der Waals surface area contributed by atoms with E-state index in [0.717, 1.165) is 28.3 Å². The number of hydrogen-bond acceptors (Lipinski definition) is 2. The molecule has 0 N–H and O–H groups in total. The quantitative estimate of drug-likeness (QED) is 0.665. The highest BCUT2D eigenvalue weighted by Gasteiger charge is 2.21. The van der Waals surface area contributed by atoms with Crippen LogP contribution >= 0.6 is 0 Å². The third-order valence-electron chi connectivity index (χ3n) is 4.18. The van der Waals surface area contributed by atoms with Crippen molar-refractivity contribution in [1.82, 2.24) is 0 Å². The van der Waals surface area contributed by atoms with E-state index in [0.29, 0.717) is 6.73 Å². The largest absolute Gasteiger partial charge is 0.497 e. The number of fused-ring (bicyclic) bond motifs is 1. The van der Waals surface area contributed by atoms with Gasteiger partial charge in [0.25, 0.3) is 6.73 Å². The van der Waals surface area contributed by atoms with Gasteiger partial charge in [-0.05, 0) is 23.8 Å². The zero-order valence-corrected chi connectivity index (χ0v) is 13.5. The van der Waals surface area contributed by atoms with Crippen LogP contribution in [0, 0.1) is 0 Å². The van der Waals surface area contributed by atoms with Crippen LogP contribution in [0.3, 0.4) is 0 Å². The molecule has 0 bridgehead atoms. The molecule has 1 heterocycles. The summed E-state index contributed by atoms with van der Waals surface area (Å²) in [4.78, 5) is 0. The van der Waals surface area contributed by atoms with Crippen molar-refractivity contribution in [2.45, 2.75) is 0 Å². The summed E-state index contributed by atoms with van der Waals surface area (Å²) in [6.45, 7) is 0.489. The van der Waals surface area contributed by atoms with Crippen LogP contribution in [0.5, 0.6) is 11.5 Å². The normalized spacial score (nSPS) is 12.8. The fourth-order valence-electron chi connectivity index (χ4n) is 2.92. The predicted octanol–water partition coefficient (Wildman–Crippen LogP) is 4.48. The molecule has 0 atom stereocenters. The summed E-state index contributed by atoms with van der Waals surface area (Å²) in [6.07, 6.45) is 2.13. The van der Waals surface area contributed by atoms with Crippen LogP contribution in [-0.4, -0.2) is 24.6 Å². The van der Waals surface area contributed by atoms with E-state index < -0.39 is 0 Å². The predicted molar refractivity (Wildman–Crippen MR) is 95.5 cm³/mol. The molecule has 3 nitrogen and oxygen atoms in total. The van der Waals surface area contributed by atoms with Crippen molar-refractivity contribution in [3.63, 3.8) is 0 Å². The van der Waals surface area contributed by atoms with Crippen LogP contribution < -0.4 is 9.47 Å². The van der Waals surface area contributed by atoms with Crippen LogP contribution in [0.4, 0.5) is 5.69 Å². The highest BCUT2D eigenvalue weighted by atomic mass is 16.5. The van der Waals surface area contributed by atoms with E-state index in [1.807, 2.05) is 42.5 Å². The topological polar surface area (TPSA) is 21.5 Å². The van der Waals surface area contributed by atoms with Crippen LogP contribution in [0.1, 0.15) is 5.56 Å². The molecule has 0 fully saturated rings. The van der Waals surface area contributed by atoms with Gasteiger partial charge in [-0.2, -0.15) is 4.58 Å². The number of methoxy groups -OCH3 is 1. The standard InChI is InChI=1S/C21H18NO2/c1-23-19-12-10-18(11-13-19)22-14-17-8-5-9-20(21(17)24-15-22)16-6-3-2-4-7-16/h2-14H,15H2,1H3/q+1. The van der Waals surface area contributed by atoms with E-state index >= 15 is 0 Å². The van der Waals surface area contributed by atoms with Crippen molar-refractivity contribution >= 4 is 11.9 Å². The first-order valence-electron chi connectivity index (χ1n) is 7.92. The Kier molecular flexibility index (Phi) is 3.75. The summed E-state index contributed by atoms with van der Waals surface area (Å²) in [5.41, 5.74) is 4.45. The molecule has 3 aromatic rings. The summed E-state index contributed by atoms with van der Waals surface area (Å²) in [5.74, 6) is 1.79. The Morgan fingerprint density at radius 2 is 1.67 bits per heavy atom. The van der Waals surface area contributed by atoms with Gasteiger partial charge in [-0.3, -0.25) is 0 Å². The van der Waals surface area contributed by atoms with Gasteiger partial charge in [-0.1, -0.05) is 42.5 Å². The molecule has 0 amide bonds. The Balaban J connectivity index is 1.74. The number of hydrogen-bond donors (Lipinski definition) is 0. The molecule has 0 spiro atoms. The fourth-order valence-corrected chi connectivity index (χ4v) is 2.92. The van der Waals surface area contributed by atoms with Crippen LogP contribution in [0.25, 0.3) is 11.1 Å². The first-order chi connectivity index (χ1) is 11.8. The SMILES string of the molecule is COc1ccc([N+]2=Cc3cccc(-c4ccccc4)c3OC2)cc1. The molecule has 0 saturated carbocycles. The van der Waals surface area contributed by atoms with Gasteiger partial charge >= 0.3 is 0 Å². The molecular formula is C21H18NO2+. The molecule has 3 heteroatoms. The zero-order chi connectivity index (χ0) is 16.4. The summed E-state index contributed by atoms with van der Waals surface area (Å²) >= 11 is 0. The zero-order valence-electron chi connectivity index (χ0n) is 13.5. The van der Waals surface area contributed by atoms with Crippen molar-refractivity contribution in [1.29, 1.82) is 0 Å². The van der Waals surface area contributed by atoms with E-state index in [-0.39, 0.29) is 0 Å². The lowest BCUT2D eigenvalue weighted by Crippen LogP contribution is -2.21. The van der Waals surface area contributed by atoms with Gasteiger partial charge in [0, 0.05) is 17.7 Å². The van der Waals surface area contributed by atoms with E-state index in [1.165, 1.54) is 5.56 Å². The lowest BCUT2D eigenvalue weighted by atomic mass is 10.0. The molecule has 0 saturated heterocycles. The molecule has 0 unspecified atom stereocenters. The fraction of sp³-hybridized carbons (Fsp3) is 0.0952. The van der Waals surface area contributed by atoms with Crippen LogP contribution in [-0.2, 0) is 0 Å². The molecular weight excluding hydrogens is 298 g/mol. The summed E-state index contributed by atoms with van der Waals surface area (Å²) in [5, 5.41) is 0. The second-order valence-electron chi connectivity index (χ2n) is 5.66. The molecule has 4 rings (SSSR count). The number of nitrogens with zero attached hydrogens (tertiary/aromatic N) is 1. The van der Waals surface area contributed by atoms with Crippen molar-refractivity contribution in [2.75, 3.05) is 13.8 Å². The molecule has 118 valence electrons. The third-order valence-corrected chi connectivity index (χ3v) is 4.18. The Labute approximate surface area is 141 Å². The van der Waals surface area contributed by atoms with Gasteiger partial charge in [-0.25, -0.2) is 0 Å². The Morgan fingerprint density at radius 3 is 2.42 bits per heavy atom. The van der Waals surface area contributed by atoms with E-state index in [4.69, 9.17) is 9.47 Å². The van der Waals surface area contributed by atoms with Crippen molar-refractivity contribution in [3.05, 3.63) is 78.4 Å².